The van der Waals surface area contributed by atoms with E-state index < -0.39 is 16.0 Å². The summed E-state index contributed by atoms with van der Waals surface area (Å²) < 4.78 is 28.5. The molecule has 1 aromatic rings. The van der Waals surface area contributed by atoms with Gasteiger partial charge in [0.1, 0.15) is 0 Å². The number of sulfonamides is 1. The second-order valence-corrected chi connectivity index (χ2v) is 5.74. The minimum atomic E-state index is -3.30. The van der Waals surface area contributed by atoms with Crippen molar-refractivity contribution in [3.05, 3.63) is 29.3 Å². The molecule has 0 radical (unpaired) electrons. The van der Waals surface area contributed by atoms with E-state index >= 15 is 0 Å². The Bertz CT molecular complexity index is 536. The Morgan fingerprint density at radius 1 is 1.35 bits per heavy atom. The van der Waals surface area contributed by atoms with Gasteiger partial charge in [-0.15, -0.1) is 0 Å². The Hall–Kier alpha value is -1.56. The molecule has 0 amide bonds. The molecular formula is C11H15NO4S. The van der Waals surface area contributed by atoms with Gasteiger partial charge in [0.25, 0.3) is 0 Å². The summed E-state index contributed by atoms with van der Waals surface area (Å²) in [5.74, 6) is -0.443. The van der Waals surface area contributed by atoms with Crippen LogP contribution >= 0.6 is 0 Å². The summed E-state index contributed by atoms with van der Waals surface area (Å²) in [6, 6.07) is 4.72. The number of rotatable bonds is 3. The van der Waals surface area contributed by atoms with Crippen molar-refractivity contribution in [1.29, 1.82) is 0 Å². The highest BCUT2D eigenvalue weighted by Crippen LogP contribution is 2.22. The average Bonchev–Trinajstić information content (AvgIpc) is 2.25. The van der Waals surface area contributed by atoms with Crippen LogP contribution in [-0.2, 0) is 14.8 Å². The van der Waals surface area contributed by atoms with E-state index in [1.807, 2.05) is 0 Å². The van der Waals surface area contributed by atoms with Crippen LogP contribution in [0.25, 0.3) is 0 Å². The summed E-state index contributed by atoms with van der Waals surface area (Å²) in [7, 11) is -0.532. The third-order valence-corrected chi connectivity index (χ3v) is 3.65. The van der Waals surface area contributed by atoms with Crippen LogP contribution in [0.5, 0.6) is 0 Å². The highest BCUT2D eigenvalue weighted by atomic mass is 32.2. The molecule has 0 aliphatic carbocycles. The van der Waals surface area contributed by atoms with Crippen molar-refractivity contribution < 1.29 is 17.9 Å². The lowest BCUT2D eigenvalue weighted by atomic mass is 10.1. The van der Waals surface area contributed by atoms with Gasteiger partial charge in [-0.3, -0.25) is 4.31 Å². The lowest BCUT2D eigenvalue weighted by Crippen LogP contribution is -2.25. The Morgan fingerprint density at radius 3 is 2.35 bits per heavy atom. The molecule has 0 unspecified atom stereocenters. The summed E-state index contributed by atoms with van der Waals surface area (Å²) in [5.41, 5.74) is 1.64. The van der Waals surface area contributed by atoms with Gasteiger partial charge < -0.3 is 4.74 Å². The first-order valence-electron chi connectivity index (χ1n) is 4.90. The molecule has 0 N–H and O–H groups in total. The second kappa shape index (κ2) is 4.75. The molecule has 94 valence electrons. The number of aryl methyl sites for hydroxylation is 1. The molecule has 0 saturated heterocycles. The summed E-state index contributed by atoms with van der Waals surface area (Å²) in [5, 5.41) is 0. The standard InChI is InChI=1S/C11H15NO4S/c1-8-7-9(11(13)16-3)5-6-10(8)12(2)17(4,14)15/h5-7H,1-4H3. The number of anilines is 1. The predicted molar refractivity (Wildman–Crippen MR) is 65.8 cm³/mol. The number of methoxy groups -OCH3 is 1. The van der Waals surface area contributed by atoms with Crippen molar-refractivity contribution in [2.45, 2.75) is 6.92 Å². The van der Waals surface area contributed by atoms with Crippen molar-refractivity contribution in [3.63, 3.8) is 0 Å². The topological polar surface area (TPSA) is 63.7 Å². The molecule has 0 atom stereocenters. The monoisotopic (exact) mass is 257 g/mol. The molecule has 0 aliphatic heterocycles. The van der Waals surface area contributed by atoms with Crippen LogP contribution < -0.4 is 4.31 Å². The van der Waals surface area contributed by atoms with Crippen LogP contribution in [-0.4, -0.2) is 34.8 Å². The summed E-state index contributed by atoms with van der Waals surface area (Å²) in [6.07, 6.45) is 1.13. The zero-order valence-electron chi connectivity index (χ0n) is 10.2. The molecular weight excluding hydrogens is 242 g/mol. The average molecular weight is 257 g/mol. The quantitative estimate of drug-likeness (QED) is 0.763. The number of carbonyl (C=O) groups is 1. The maximum absolute atomic E-state index is 11.4. The lowest BCUT2D eigenvalue weighted by Gasteiger charge is -2.19. The fourth-order valence-corrected chi connectivity index (χ4v) is 1.99. The van der Waals surface area contributed by atoms with Gasteiger partial charge in [-0.05, 0) is 30.7 Å². The van der Waals surface area contributed by atoms with Gasteiger partial charge in [-0.1, -0.05) is 0 Å². The predicted octanol–water partition coefficient (Wildman–Crippen LogP) is 1.18. The fourth-order valence-electron chi connectivity index (χ4n) is 1.43. The first-order valence-corrected chi connectivity index (χ1v) is 6.75. The third-order valence-electron chi connectivity index (χ3n) is 2.45. The Morgan fingerprint density at radius 2 is 1.94 bits per heavy atom. The van der Waals surface area contributed by atoms with E-state index in [4.69, 9.17) is 0 Å². The zero-order chi connectivity index (χ0) is 13.2. The van der Waals surface area contributed by atoms with Gasteiger partial charge in [0, 0.05) is 7.05 Å². The Kier molecular flexibility index (Phi) is 3.77. The van der Waals surface area contributed by atoms with E-state index in [2.05, 4.69) is 4.74 Å². The van der Waals surface area contributed by atoms with Crippen LogP contribution in [0.4, 0.5) is 5.69 Å². The van der Waals surface area contributed by atoms with Gasteiger partial charge in [-0.2, -0.15) is 0 Å². The van der Waals surface area contributed by atoms with Crippen LogP contribution in [0, 0.1) is 6.92 Å². The molecule has 17 heavy (non-hydrogen) atoms. The largest absolute Gasteiger partial charge is 0.465 e. The van der Waals surface area contributed by atoms with Crippen LogP contribution in [0.1, 0.15) is 15.9 Å². The molecule has 0 saturated carbocycles. The molecule has 0 bridgehead atoms. The zero-order valence-corrected chi connectivity index (χ0v) is 11.0. The smallest absolute Gasteiger partial charge is 0.337 e. The first-order chi connectivity index (χ1) is 7.77. The van der Waals surface area contributed by atoms with E-state index in [-0.39, 0.29) is 0 Å². The highest BCUT2D eigenvalue weighted by molar-refractivity contribution is 7.92. The van der Waals surface area contributed by atoms with Crippen molar-refractivity contribution in [2.75, 3.05) is 24.7 Å². The molecule has 1 rings (SSSR count). The number of nitrogens with zero attached hydrogens (tertiary/aromatic N) is 1. The summed E-state index contributed by atoms with van der Waals surface area (Å²) in [4.78, 5) is 11.3. The van der Waals surface area contributed by atoms with E-state index in [1.54, 1.807) is 19.1 Å². The number of hydrogen-bond acceptors (Lipinski definition) is 4. The van der Waals surface area contributed by atoms with Gasteiger partial charge >= 0.3 is 5.97 Å². The normalized spacial score (nSPS) is 11.1. The Balaban J connectivity index is 3.19. The van der Waals surface area contributed by atoms with Gasteiger partial charge in [0.05, 0.1) is 24.6 Å². The van der Waals surface area contributed by atoms with Gasteiger partial charge in [0.2, 0.25) is 10.0 Å². The van der Waals surface area contributed by atoms with E-state index in [0.29, 0.717) is 16.8 Å². The summed E-state index contributed by atoms with van der Waals surface area (Å²) >= 11 is 0. The fraction of sp³-hybridized carbons (Fsp3) is 0.364. The number of ether oxygens (including phenoxy) is 1. The number of hydrogen-bond donors (Lipinski definition) is 0. The molecule has 5 nitrogen and oxygen atoms in total. The SMILES string of the molecule is COC(=O)c1ccc(N(C)S(C)(=O)=O)c(C)c1. The van der Waals surface area contributed by atoms with Gasteiger partial charge in [0.15, 0.2) is 0 Å². The lowest BCUT2D eigenvalue weighted by molar-refractivity contribution is 0.0600. The molecule has 0 fully saturated rings. The molecule has 0 aromatic heterocycles. The van der Waals surface area contributed by atoms with Crippen molar-refractivity contribution in [1.82, 2.24) is 0 Å². The summed E-state index contributed by atoms with van der Waals surface area (Å²) in [6.45, 7) is 1.74. The van der Waals surface area contributed by atoms with Crippen LogP contribution in [0.15, 0.2) is 18.2 Å². The third kappa shape index (κ3) is 2.97. The Labute approximate surface area is 101 Å². The van der Waals surface area contributed by atoms with E-state index in [0.717, 1.165) is 6.26 Å². The molecule has 6 heteroatoms. The molecule has 0 aliphatic rings. The van der Waals surface area contributed by atoms with Crippen LogP contribution in [0.2, 0.25) is 0 Å². The highest BCUT2D eigenvalue weighted by Gasteiger charge is 2.15. The maximum Gasteiger partial charge on any atom is 0.337 e. The minimum Gasteiger partial charge on any atom is -0.465 e. The molecule has 1 aromatic carbocycles. The van der Waals surface area contributed by atoms with Crippen LogP contribution in [0.3, 0.4) is 0 Å². The van der Waals surface area contributed by atoms with Gasteiger partial charge in [-0.25, -0.2) is 13.2 Å². The number of benzene rings is 1. The van der Waals surface area contributed by atoms with Crippen molar-refractivity contribution >= 4 is 21.7 Å². The van der Waals surface area contributed by atoms with Crippen molar-refractivity contribution in [3.8, 4) is 0 Å². The first kappa shape index (κ1) is 13.5. The number of carbonyl (C=O) groups excluding carboxylic acids is 1. The number of esters is 1. The second-order valence-electron chi connectivity index (χ2n) is 3.72. The molecule has 0 heterocycles. The minimum absolute atomic E-state index is 0.399. The van der Waals surface area contributed by atoms with E-state index in [1.165, 1.54) is 24.5 Å². The molecule has 0 spiro atoms. The maximum atomic E-state index is 11.4. The van der Waals surface area contributed by atoms with E-state index in [9.17, 15) is 13.2 Å². The van der Waals surface area contributed by atoms with Crippen molar-refractivity contribution in [2.24, 2.45) is 0 Å².